The molecule has 1 heterocycles. The molecule has 0 unspecified atom stereocenters. The number of ether oxygens (including phenoxy) is 1. The van der Waals surface area contributed by atoms with Crippen molar-refractivity contribution in [1.29, 1.82) is 0 Å². The summed E-state index contributed by atoms with van der Waals surface area (Å²) < 4.78 is 5.56. The lowest BCUT2D eigenvalue weighted by Crippen LogP contribution is -2.29. The smallest absolute Gasteiger partial charge is 0.246 e. The van der Waals surface area contributed by atoms with Crippen molar-refractivity contribution in [2.75, 3.05) is 20.2 Å². The molecule has 22 heavy (non-hydrogen) atoms. The number of likely N-dealkylation sites (N-methyl/N-ethyl adjacent to an activating group) is 1. The Hall–Kier alpha value is -2.33. The summed E-state index contributed by atoms with van der Waals surface area (Å²) in [5.74, 6) is 0.653. The third-order valence-corrected chi connectivity index (χ3v) is 3.24. The molecule has 0 fully saturated rings. The Morgan fingerprint density at radius 3 is 2.77 bits per heavy atom. The number of aromatic nitrogens is 1. The van der Waals surface area contributed by atoms with Crippen LogP contribution in [0.3, 0.4) is 0 Å². The Balaban J connectivity index is 1.76. The van der Waals surface area contributed by atoms with Crippen molar-refractivity contribution in [3.8, 4) is 5.75 Å². The molecule has 1 aromatic carbocycles. The molecule has 0 radical (unpaired) electrons. The van der Waals surface area contributed by atoms with Gasteiger partial charge in [0.2, 0.25) is 5.91 Å². The molecule has 0 N–H and O–H groups in total. The van der Waals surface area contributed by atoms with E-state index in [4.69, 9.17) is 16.3 Å². The van der Waals surface area contributed by atoms with Crippen LogP contribution in [0, 0.1) is 0 Å². The van der Waals surface area contributed by atoms with Crippen LogP contribution in [0.4, 0.5) is 0 Å². The Kier molecular flexibility index (Phi) is 5.98. The van der Waals surface area contributed by atoms with Gasteiger partial charge in [-0.2, -0.15) is 0 Å². The van der Waals surface area contributed by atoms with Crippen molar-refractivity contribution in [2.45, 2.75) is 0 Å². The number of carbonyl (C=O) groups excluding carboxylic acids is 1. The number of rotatable bonds is 6. The first-order valence-corrected chi connectivity index (χ1v) is 7.24. The minimum atomic E-state index is -0.0800. The van der Waals surface area contributed by atoms with Crippen molar-refractivity contribution in [1.82, 2.24) is 9.88 Å². The summed E-state index contributed by atoms with van der Waals surface area (Å²) >= 11 is 5.80. The van der Waals surface area contributed by atoms with Gasteiger partial charge in [0.05, 0.1) is 6.54 Å². The van der Waals surface area contributed by atoms with Gasteiger partial charge >= 0.3 is 0 Å². The lowest BCUT2D eigenvalue weighted by Gasteiger charge is -2.15. The molecule has 114 valence electrons. The summed E-state index contributed by atoms with van der Waals surface area (Å²) in [6.45, 7) is 0.920. The number of halogens is 1. The maximum atomic E-state index is 11.9. The lowest BCUT2D eigenvalue weighted by molar-refractivity contribution is -0.125. The quantitative estimate of drug-likeness (QED) is 0.768. The second kappa shape index (κ2) is 8.20. The van der Waals surface area contributed by atoms with E-state index in [1.54, 1.807) is 54.7 Å². The van der Waals surface area contributed by atoms with Crippen molar-refractivity contribution in [2.24, 2.45) is 0 Å². The van der Waals surface area contributed by atoms with Gasteiger partial charge in [0, 0.05) is 30.5 Å². The molecule has 4 nitrogen and oxygen atoms in total. The van der Waals surface area contributed by atoms with Crippen LogP contribution in [0.25, 0.3) is 6.08 Å². The van der Waals surface area contributed by atoms with Crippen LogP contribution < -0.4 is 4.74 Å². The van der Waals surface area contributed by atoms with E-state index < -0.39 is 0 Å². The van der Waals surface area contributed by atoms with E-state index >= 15 is 0 Å². The molecule has 1 aromatic heterocycles. The molecule has 0 saturated heterocycles. The second-order valence-corrected chi connectivity index (χ2v) is 5.12. The molecule has 0 spiro atoms. The zero-order valence-corrected chi connectivity index (χ0v) is 13.0. The van der Waals surface area contributed by atoms with Gasteiger partial charge < -0.3 is 9.64 Å². The highest BCUT2D eigenvalue weighted by Crippen LogP contribution is 2.15. The summed E-state index contributed by atoms with van der Waals surface area (Å²) in [4.78, 5) is 17.5. The van der Waals surface area contributed by atoms with E-state index in [0.717, 1.165) is 11.3 Å². The monoisotopic (exact) mass is 316 g/mol. The summed E-state index contributed by atoms with van der Waals surface area (Å²) in [5.41, 5.74) is 0.890. The van der Waals surface area contributed by atoms with Crippen LogP contribution >= 0.6 is 11.6 Å². The predicted octanol–water partition coefficient (Wildman–Crippen LogP) is 3.29. The number of benzene rings is 1. The highest BCUT2D eigenvalue weighted by Gasteiger charge is 2.04. The van der Waals surface area contributed by atoms with E-state index in [2.05, 4.69) is 4.98 Å². The summed E-state index contributed by atoms with van der Waals surface area (Å²) in [7, 11) is 1.74. The highest BCUT2D eigenvalue weighted by atomic mass is 35.5. The zero-order chi connectivity index (χ0) is 15.8. The Morgan fingerprint density at radius 1 is 1.32 bits per heavy atom. The van der Waals surface area contributed by atoms with E-state index in [-0.39, 0.29) is 5.91 Å². The molecule has 0 aliphatic rings. The topological polar surface area (TPSA) is 42.4 Å². The normalized spacial score (nSPS) is 10.6. The second-order valence-electron chi connectivity index (χ2n) is 4.68. The molecule has 0 aliphatic heterocycles. The van der Waals surface area contributed by atoms with Gasteiger partial charge in [-0.15, -0.1) is 0 Å². The van der Waals surface area contributed by atoms with Crippen LogP contribution in [0.15, 0.2) is 54.9 Å². The van der Waals surface area contributed by atoms with Gasteiger partial charge in [-0.25, -0.2) is 0 Å². The molecular formula is C17H17ClN2O2. The summed E-state index contributed by atoms with van der Waals surface area (Å²) in [6, 6.07) is 10.8. The van der Waals surface area contributed by atoms with Gasteiger partial charge in [-0.3, -0.25) is 9.78 Å². The molecule has 1 amide bonds. The van der Waals surface area contributed by atoms with Crippen LogP contribution in [0.1, 0.15) is 5.56 Å². The average molecular weight is 317 g/mol. The summed E-state index contributed by atoms with van der Waals surface area (Å²) in [5, 5.41) is 0.667. The van der Waals surface area contributed by atoms with Crippen molar-refractivity contribution < 1.29 is 9.53 Å². The van der Waals surface area contributed by atoms with Gasteiger partial charge in [-0.05, 0) is 42.0 Å². The number of amides is 1. The molecular weight excluding hydrogens is 300 g/mol. The fourth-order valence-electron chi connectivity index (χ4n) is 1.71. The molecule has 5 heteroatoms. The van der Waals surface area contributed by atoms with Crippen LogP contribution in [-0.2, 0) is 4.79 Å². The molecule has 2 aromatic rings. The van der Waals surface area contributed by atoms with Crippen LogP contribution in [0.5, 0.6) is 5.75 Å². The number of pyridine rings is 1. The predicted molar refractivity (Wildman–Crippen MR) is 87.9 cm³/mol. The van der Waals surface area contributed by atoms with Gasteiger partial charge in [0.1, 0.15) is 12.4 Å². The third-order valence-electron chi connectivity index (χ3n) is 2.99. The standard InChI is InChI=1S/C17H17ClN2O2/c1-20(11-12-22-16-7-5-15(18)6-8-16)17(21)9-4-14-3-2-10-19-13-14/h2-10,13H,11-12H2,1H3/b9-4+. The van der Waals surface area contributed by atoms with Gasteiger partial charge in [0.25, 0.3) is 0 Å². The zero-order valence-electron chi connectivity index (χ0n) is 12.3. The largest absolute Gasteiger partial charge is 0.492 e. The first-order chi connectivity index (χ1) is 10.6. The minimum absolute atomic E-state index is 0.0800. The Bertz CT molecular complexity index is 627. The average Bonchev–Trinajstić information content (AvgIpc) is 2.55. The first-order valence-electron chi connectivity index (χ1n) is 6.87. The van der Waals surface area contributed by atoms with Crippen molar-refractivity contribution in [3.63, 3.8) is 0 Å². The maximum absolute atomic E-state index is 11.9. The maximum Gasteiger partial charge on any atom is 0.246 e. The van der Waals surface area contributed by atoms with E-state index in [9.17, 15) is 4.79 Å². The number of hydrogen-bond acceptors (Lipinski definition) is 3. The fourth-order valence-corrected chi connectivity index (χ4v) is 1.84. The van der Waals surface area contributed by atoms with Crippen molar-refractivity contribution in [3.05, 3.63) is 65.5 Å². The lowest BCUT2D eigenvalue weighted by atomic mass is 10.2. The van der Waals surface area contributed by atoms with Crippen molar-refractivity contribution >= 4 is 23.6 Å². The fraction of sp³-hybridized carbons (Fsp3) is 0.176. The molecule has 2 rings (SSSR count). The van der Waals surface area contributed by atoms with Crippen LogP contribution in [-0.4, -0.2) is 36.0 Å². The Labute approximate surface area is 135 Å². The van der Waals surface area contributed by atoms with Gasteiger partial charge in [-0.1, -0.05) is 17.7 Å². The Morgan fingerprint density at radius 2 is 2.09 bits per heavy atom. The molecule has 0 saturated carbocycles. The SMILES string of the molecule is CN(CCOc1ccc(Cl)cc1)C(=O)/C=C/c1cccnc1. The minimum Gasteiger partial charge on any atom is -0.492 e. The molecule has 0 aliphatic carbocycles. The molecule has 0 bridgehead atoms. The van der Waals surface area contributed by atoms with Crippen LogP contribution in [0.2, 0.25) is 5.02 Å². The third kappa shape index (κ3) is 5.22. The molecule has 0 atom stereocenters. The number of carbonyl (C=O) groups is 1. The highest BCUT2D eigenvalue weighted by molar-refractivity contribution is 6.30. The summed E-state index contributed by atoms with van der Waals surface area (Å²) in [6.07, 6.45) is 6.66. The number of nitrogens with zero attached hydrogens (tertiary/aromatic N) is 2. The van der Waals surface area contributed by atoms with Gasteiger partial charge in [0.15, 0.2) is 0 Å². The van der Waals surface area contributed by atoms with E-state index in [0.29, 0.717) is 18.2 Å². The van der Waals surface area contributed by atoms with E-state index in [1.165, 1.54) is 6.08 Å². The van der Waals surface area contributed by atoms with E-state index in [1.807, 2.05) is 12.1 Å². The number of hydrogen-bond donors (Lipinski definition) is 0. The first kappa shape index (κ1) is 16.0.